The molecule has 0 aliphatic rings. The van der Waals surface area contributed by atoms with Crippen molar-refractivity contribution in [3.8, 4) is 28.3 Å². The van der Waals surface area contributed by atoms with Crippen LogP contribution in [0.15, 0.2) is 71.8 Å². The van der Waals surface area contributed by atoms with E-state index in [1.54, 1.807) is 18.5 Å². The van der Waals surface area contributed by atoms with Crippen molar-refractivity contribution >= 4 is 10.9 Å². The highest BCUT2D eigenvalue weighted by Gasteiger charge is 2.11. The van der Waals surface area contributed by atoms with Crippen molar-refractivity contribution in [2.75, 3.05) is 0 Å². The Hall–Kier alpha value is -4.19. The number of rotatable bonds is 5. The van der Waals surface area contributed by atoms with Crippen LogP contribution in [0.1, 0.15) is 22.3 Å². The number of aromatic nitrogens is 4. The van der Waals surface area contributed by atoms with Gasteiger partial charge < -0.3 is 9.72 Å². The molecule has 2 N–H and O–H groups in total. The Bertz CT molecular complexity index is 1490. The molecule has 6 heteroatoms. The van der Waals surface area contributed by atoms with Gasteiger partial charge in [-0.2, -0.15) is 5.10 Å². The quantitative estimate of drug-likeness (QED) is 0.382. The Morgan fingerprint density at radius 2 is 1.70 bits per heavy atom. The molecule has 2 aromatic carbocycles. The fraction of sp³-hybridized carbons (Fsp3) is 0.148. The molecule has 0 fully saturated rings. The first kappa shape index (κ1) is 20.7. The number of aromatic amines is 2. The third-order valence-electron chi connectivity index (χ3n) is 5.75. The molecule has 0 bridgehead atoms. The van der Waals surface area contributed by atoms with Gasteiger partial charge in [-0.1, -0.05) is 35.9 Å². The molecule has 3 aromatic heterocycles. The second-order valence-electron chi connectivity index (χ2n) is 8.35. The van der Waals surface area contributed by atoms with Gasteiger partial charge in [-0.05, 0) is 55.7 Å². The summed E-state index contributed by atoms with van der Waals surface area (Å²) in [4.78, 5) is 19.0. The first-order valence-corrected chi connectivity index (χ1v) is 10.8. The number of H-pyrrole nitrogens is 2. The topological polar surface area (TPSA) is 83.7 Å². The molecule has 0 atom stereocenters. The van der Waals surface area contributed by atoms with Gasteiger partial charge in [0.25, 0.3) is 0 Å². The maximum absolute atomic E-state index is 11.3. The predicted molar refractivity (Wildman–Crippen MR) is 130 cm³/mol. The molecular weight excluding hydrogens is 412 g/mol. The second-order valence-corrected chi connectivity index (χ2v) is 8.35. The number of nitrogens with one attached hydrogen (secondary N) is 2. The maximum Gasteiger partial charge on any atom is 0.247 e. The van der Waals surface area contributed by atoms with Crippen LogP contribution in [0.2, 0.25) is 0 Å². The van der Waals surface area contributed by atoms with Crippen LogP contribution in [0.3, 0.4) is 0 Å². The largest absolute Gasteiger partial charge is 0.473 e. The Morgan fingerprint density at radius 3 is 2.45 bits per heavy atom. The zero-order valence-electron chi connectivity index (χ0n) is 18.8. The van der Waals surface area contributed by atoms with Crippen LogP contribution < -0.4 is 10.3 Å². The summed E-state index contributed by atoms with van der Waals surface area (Å²) in [5.41, 5.74) is 9.22. The van der Waals surface area contributed by atoms with Crippen LogP contribution in [-0.2, 0) is 6.61 Å². The van der Waals surface area contributed by atoms with Crippen molar-refractivity contribution < 1.29 is 4.74 Å². The third-order valence-corrected chi connectivity index (χ3v) is 5.75. The van der Waals surface area contributed by atoms with E-state index in [9.17, 15) is 4.79 Å². The van der Waals surface area contributed by atoms with E-state index in [1.165, 1.54) is 22.6 Å². The number of benzene rings is 2. The van der Waals surface area contributed by atoms with Crippen LogP contribution in [0.25, 0.3) is 33.3 Å². The summed E-state index contributed by atoms with van der Waals surface area (Å²) in [6, 6.07) is 18.1. The van der Waals surface area contributed by atoms with E-state index in [4.69, 9.17) is 9.72 Å². The van der Waals surface area contributed by atoms with Crippen molar-refractivity contribution in [3.63, 3.8) is 0 Å². The Labute approximate surface area is 191 Å². The summed E-state index contributed by atoms with van der Waals surface area (Å²) >= 11 is 0. The molecule has 5 aromatic rings. The normalized spacial score (nSPS) is 11.1. The monoisotopic (exact) mass is 436 g/mol. The Balaban J connectivity index is 1.36. The van der Waals surface area contributed by atoms with Crippen molar-refractivity contribution in [2.45, 2.75) is 27.4 Å². The lowest BCUT2D eigenvalue weighted by Gasteiger charge is -2.11. The average molecular weight is 437 g/mol. The second kappa shape index (κ2) is 8.39. The molecule has 0 amide bonds. The minimum absolute atomic E-state index is 0.147. The van der Waals surface area contributed by atoms with Crippen LogP contribution in [-0.4, -0.2) is 20.2 Å². The molecule has 0 saturated carbocycles. The van der Waals surface area contributed by atoms with E-state index in [-0.39, 0.29) is 5.56 Å². The summed E-state index contributed by atoms with van der Waals surface area (Å²) in [5, 5.41) is 8.15. The summed E-state index contributed by atoms with van der Waals surface area (Å²) in [6.45, 7) is 6.72. The number of hydrogen-bond acceptors (Lipinski definition) is 4. The van der Waals surface area contributed by atoms with Gasteiger partial charge in [0.2, 0.25) is 11.4 Å². The Morgan fingerprint density at radius 1 is 0.909 bits per heavy atom. The molecule has 6 nitrogen and oxygen atoms in total. The molecular formula is C27H24N4O2. The summed E-state index contributed by atoms with van der Waals surface area (Å²) < 4.78 is 5.98. The molecule has 0 radical (unpaired) electrons. The SMILES string of the molecule is Cc1cc(C)c2nc(-c3ccc(COc4[nH]ncc4-c4ccc(=O)[nH]c4)cc3)c(C)cc2c1. The van der Waals surface area contributed by atoms with Gasteiger partial charge in [-0.3, -0.25) is 4.79 Å². The fourth-order valence-corrected chi connectivity index (χ4v) is 4.13. The summed E-state index contributed by atoms with van der Waals surface area (Å²) in [7, 11) is 0. The van der Waals surface area contributed by atoms with E-state index in [0.29, 0.717) is 12.5 Å². The maximum atomic E-state index is 11.3. The van der Waals surface area contributed by atoms with Gasteiger partial charge in [0, 0.05) is 28.8 Å². The van der Waals surface area contributed by atoms with Gasteiger partial charge in [-0.25, -0.2) is 10.1 Å². The highest BCUT2D eigenvalue weighted by atomic mass is 16.5. The zero-order chi connectivity index (χ0) is 22.9. The number of pyridine rings is 2. The molecule has 33 heavy (non-hydrogen) atoms. The molecule has 0 aliphatic heterocycles. The third kappa shape index (κ3) is 4.15. The van der Waals surface area contributed by atoms with E-state index in [2.05, 4.69) is 78.4 Å². The number of nitrogens with zero attached hydrogens (tertiary/aromatic N) is 2. The molecule has 0 saturated heterocycles. The number of fused-ring (bicyclic) bond motifs is 1. The molecule has 0 unspecified atom stereocenters. The van der Waals surface area contributed by atoms with Gasteiger partial charge in [-0.15, -0.1) is 0 Å². The minimum atomic E-state index is -0.147. The predicted octanol–water partition coefficient (Wildman–Crippen LogP) is 5.48. The smallest absolute Gasteiger partial charge is 0.247 e. The van der Waals surface area contributed by atoms with Gasteiger partial charge in [0.1, 0.15) is 6.61 Å². The van der Waals surface area contributed by atoms with Crippen LogP contribution in [0.5, 0.6) is 5.88 Å². The Kier molecular flexibility index (Phi) is 5.26. The van der Waals surface area contributed by atoms with Crippen LogP contribution >= 0.6 is 0 Å². The van der Waals surface area contributed by atoms with Crippen LogP contribution in [0.4, 0.5) is 0 Å². The van der Waals surface area contributed by atoms with Gasteiger partial charge in [0.15, 0.2) is 0 Å². The van der Waals surface area contributed by atoms with E-state index >= 15 is 0 Å². The van der Waals surface area contributed by atoms with Gasteiger partial charge in [0.05, 0.1) is 23.0 Å². The zero-order valence-corrected chi connectivity index (χ0v) is 18.8. The first-order chi connectivity index (χ1) is 16.0. The summed E-state index contributed by atoms with van der Waals surface area (Å²) in [6.07, 6.45) is 3.33. The van der Waals surface area contributed by atoms with Crippen molar-refractivity contribution in [2.24, 2.45) is 0 Å². The van der Waals surface area contributed by atoms with Gasteiger partial charge >= 0.3 is 0 Å². The highest BCUT2D eigenvalue weighted by Crippen LogP contribution is 2.29. The average Bonchev–Trinajstić information content (AvgIpc) is 3.27. The standard InChI is InChI=1S/C27H24N4O2/c1-16-10-17(2)26-22(11-16)12-18(3)25(30-26)20-6-4-19(5-7-20)15-33-27-23(14-29-31-27)21-8-9-24(32)28-13-21/h4-14H,15H2,1-3H3,(H,28,32)(H,29,31). The van der Waals surface area contributed by atoms with Crippen LogP contribution in [0, 0.1) is 20.8 Å². The lowest BCUT2D eigenvalue weighted by atomic mass is 10.0. The highest BCUT2D eigenvalue weighted by molar-refractivity contribution is 5.86. The number of aryl methyl sites for hydroxylation is 3. The summed E-state index contributed by atoms with van der Waals surface area (Å²) in [5.74, 6) is 0.559. The molecule has 0 spiro atoms. The minimum Gasteiger partial charge on any atom is -0.473 e. The number of ether oxygens (including phenoxy) is 1. The lowest BCUT2D eigenvalue weighted by Crippen LogP contribution is -2.02. The molecule has 164 valence electrons. The van der Waals surface area contributed by atoms with Crippen molar-refractivity contribution in [1.29, 1.82) is 0 Å². The van der Waals surface area contributed by atoms with Crippen molar-refractivity contribution in [1.82, 2.24) is 20.2 Å². The first-order valence-electron chi connectivity index (χ1n) is 10.8. The lowest BCUT2D eigenvalue weighted by molar-refractivity contribution is 0.294. The fourth-order valence-electron chi connectivity index (χ4n) is 4.13. The molecule has 5 rings (SSSR count). The van der Waals surface area contributed by atoms with E-state index < -0.39 is 0 Å². The molecule has 3 heterocycles. The number of hydrogen-bond donors (Lipinski definition) is 2. The van der Waals surface area contributed by atoms with Crippen molar-refractivity contribution in [3.05, 3.63) is 99.6 Å². The van der Waals surface area contributed by atoms with E-state index in [1.807, 2.05) is 0 Å². The molecule has 0 aliphatic carbocycles. The van der Waals surface area contributed by atoms with E-state index in [0.717, 1.165) is 39.0 Å².